The summed E-state index contributed by atoms with van der Waals surface area (Å²) in [6.45, 7) is 0. The molecule has 0 saturated heterocycles. The fraction of sp³-hybridized carbons (Fsp3) is 0.467. The highest BCUT2D eigenvalue weighted by Crippen LogP contribution is 2.19. The molecule has 1 aliphatic rings. The van der Waals surface area contributed by atoms with Crippen LogP contribution >= 0.6 is 11.8 Å². The predicted molar refractivity (Wildman–Crippen MR) is 81.9 cm³/mol. The van der Waals surface area contributed by atoms with Crippen molar-refractivity contribution in [3.05, 3.63) is 35.9 Å². The summed E-state index contributed by atoms with van der Waals surface area (Å²) >= 11 is 1.67. The number of hydrogen-bond acceptors (Lipinski definition) is 3. The van der Waals surface area contributed by atoms with Gasteiger partial charge in [0, 0.05) is 11.6 Å². The second-order valence-corrected chi connectivity index (χ2v) is 5.94. The minimum absolute atomic E-state index is 0.0640. The lowest BCUT2D eigenvalue weighted by Gasteiger charge is -2.18. The van der Waals surface area contributed by atoms with E-state index >= 15 is 0 Å². The Morgan fingerprint density at radius 3 is 2.60 bits per heavy atom. The molecule has 1 saturated carbocycles. The minimum Gasteiger partial charge on any atom is -0.352 e. The van der Waals surface area contributed by atoms with Gasteiger partial charge in [-0.05, 0) is 43.4 Å². The monoisotopic (exact) mass is 292 g/mol. The van der Waals surface area contributed by atoms with E-state index in [1.807, 2.05) is 24.5 Å². The smallest absolute Gasteiger partial charge is 0.251 e. The van der Waals surface area contributed by atoms with Crippen LogP contribution in [0.4, 0.5) is 0 Å². The van der Waals surface area contributed by atoms with Gasteiger partial charge in [0.2, 0.25) is 5.91 Å². The molecule has 0 spiro atoms. The van der Waals surface area contributed by atoms with E-state index in [-0.39, 0.29) is 11.8 Å². The highest BCUT2D eigenvalue weighted by molar-refractivity contribution is 7.98. The fourth-order valence-electron chi connectivity index (χ4n) is 1.87. The van der Waals surface area contributed by atoms with Crippen LogP contribution in [0.25, 0.3) is 0 Å². The van der Waals surface area contributed by atoms with E-state index in [1.54, 1.807) is 23.9 Å². The van der Waals surface area contributed by atoms with Crippen LogP contribution in [-0.4, -0.2) is 35.9 Å². The maximum absolute atomic E-state index is 12.1. The van der Waals surface area contributed by atoms with Crippen molar-refractivity contribution in [1.82, 2.24) is 10.6 Å². The summed E-state index contributed by atoms with van der Waals surface area (Å²) in [6, 6.07) is 8.86. The average molecular weight is 292 g/mol. The van der Waals surface area contributed by atoms with E-state index in [2.05, 4.69) is 10.6 Å². The van der Waals surface area contributed by atoms with E-state index in [0.29, 0.717) is 18.0 Å². The molecule has 0 heterocycles. The first-order valence-electron chi connectivity index (χ1n) is 6.86. The Morgan fingerprint density at radius 2 is 2.00 bits per heavy atom. The van der Waals surface area contributed by atoms with Gasteiger partial charge in [-0.25, -0.2) is 0 Å². The number of carbonyl (C=O) groups excluding carboxylic acids is 2. The Morgan fingerprint density at radius 1 is 1.30 bits per heavy atom. The van der Waals surface area contributed by atoms with Gasteiger partial charge in [0.1, 0.15) is 6.04 Å². The molecule has 0 bridgehead atoms. The molecule has 5 heteroatoms. The third kappa shape index (κ3) is 4.56. The first-order chi connectivity index (χ1) is 9.70. The summed E-state index contributed by atoms with van der Waals surface area (Å²) < 4.78 is 0. The second kappa shape index (κ2) is 7.33. The lowest BCUT2D eigenvalue weighted by Crippen LogP contribution is -2.47. The van der Waals surface area contributed by atoms with E-state index in [4.69, 9.17) is 0 Å². The fourth-order valence-corrected chi connectivity index (χ4v) is 2.34. The molecule has 1 aliphatic carbocycles. The molecule has 1 aromatic rings. The molecule has 2 rings (SSSR count). The standard InChI is InChI=1S/C15H20N2O2S/c1-20-10-9-13(15(19)16-12-7-8-12)17-14(18)11-5-3-2-4-6-11/h2-6,12-13H,7-10H2,1H3,(H,16,19)(H,17,18)/t13-/m1/s1. The van der Waals surface area contributed by atoms with Crippen molar-refractivity contribution in [1.29, 1.82) is 0 Å². The molecular formula is C15H20N2O2S. The summed E-state index contributed by atoms with van der Waals surface area (Å²) in [7, 11) is 0. The topological polar surface area (TPSA) is 58.2 Å². The van der Waals surface area contributed by atoms with Gasteiger partial charge >= 0.3 is 0 Å². The van der Waals surface area contributed by atoms with E-state index in [9.17, 15) is 9.59 Å². The molecule has 1 aromatic carbocycles. The number of nitrogens with one attached hydrogen (secondary N) is 2. The first kappa shape index (κ1) is 14.9. The molecule has 0 unspecified atom stereocenters. The Balaban J connectivity index is 1.95. The van der Waals surface area contributed by atoms with Crippen LogP contribution in [0.3, 0.4) is 0 Å². The number of thioether (sulfide) groups is 1. The lowest BCUT2D eigenvalue weighted by atomic mass is 10.1. The van der Waals surface area contributed by atoms with Gasteiger partial charge in [0.25, 0.3) is 5.91 Å². The number of rotatable bonds is 7. The molecular weight excluding hydrogens is 272 g/mol. The van der Waals surface area contributed by atoms with Gasteiger partial charge in [-0.2, -0.15) is 11.8 Å². The summed E-state index contributed by atoms with van der Waals surface area (Å²) in [4.78, 5) is 24.3. The van der Waals surface area contributed by atoms with Crippen LogP contribution in [0.15, 0.2) is 30.3 Å². The number of benzene rings is 1. The molecule has 0 aliphatic heterocycles. The van der Waals surface area contributed by atoms with Crippen LogP contribution in [0.5, 0.6) is 0 Å². The Hall–Kier alpha value is -1.49. The lowest BCUT2D eigenvalue weighted by molar-refractivity contribution is -0.123. The van der Waals surface area contributed by atoms with Crippen molar-refractivity contribution in [2.24, 2.45) is 0 Å². The molecule has 0 aromatic heterocycles. The molecule has 4 nitrogen and oxygen atoms in total. The zero-order valence-electron chi connectivity index (χ0n) is 11.6. The van der Waals surface area contributed by atoms with Gasteiger partial charge in [-0.15, -0.1) is 0 Å². The maximum atomic E-state index is 12.1. The van der Waals surface area contributed by atoms with Crippen LogP contribution in [0.2, 0.25) is 0 Å². The van der Waals surface area contributed by atoms with Crippen LogP contribution < -0.4 is 10.6 Å². The van der Waals surface area contributed by atoms with Crippen LogP contribution in [0.1, 0.15) is 29.6 Å². The first-order valence-corrected chi connectivity index (χ1v) is 8.25. The highest BCUT2D eigenvalue weighted by Gasteiger charge is 2.28. The van der Waals surface area contributed by atoms with Gasteiger partial charge in [0.15, 0.2) is 0 Å². The zero-order valence-corrected chi connectivity index (χ0v) is 12.4. The normalized spacial score (nSPS) is 15.4. The summed E-state index contributed by atoms with van der Waals surface area (Å²) in [5.74, 6) is 0.589. The molecule has 2 amide bonds. The van der Waals surface area contributed by atoms with Crippen molar-refractivity contribution in [3.63, 3.8) is 0 Å². The molecule has 1 atom stereocenters. The Bertz CT molecular complexity index is 460. The second-order valence-electron chi connectivity index (χ2n) is 4.96. The van der Waals surface area contributed by atoms with Crippen LogP contribution in [-0.2, 0) is 4.79 Å². The van der Waals surface area contributed by atoms with E-state index in [0.717, 1.165) is 18.6 Å². The number of hydrogen-bond donors (Lipinski definition) is 2. The largest absolute Gasteiger partial charge is 0.352 e. The van der Waals surface area contributed by atoms with Gasteiger partial charge in [0.05, 0.1) is 0 Å². The molecule has 1 fully saturated rings. The summed E-state index contributed by atoms with van der Waals surface area (Å²) in [6.07, 6.45) is 4.74. The Kier molecular flexibility index (Phi) is 5.47. The van der Waals surface area contributed by atoms with Crippen molar-refractivity contribution in [2.45, 2.75) is 31.3 Å². The van der Waals surface area contributed by atoms with Crippen molar-refractivity contribution >= 4 is 23.6 Å². The zero-order chi connectivity index (χ0) is 14.4. The van der Waals surface area contributed by atoms with Crippen molar-refractivity contribution in [2.75, 3.05) is 12.0 Å². The summed E-state index contributed by atoms with van der Waals surface area (Å²) in [5.41, 5.74) is 0.584. The Labute approximate surface area is 123 Å². The SMILES string of the molecule is CSCC[C@@H](NC(=O)c1ccccc1)C(=O)NC1CC1. The molecule has 20 heavy (non-hydrogen) atoms. The molecule has 108 valence electrons. The molecule has 2 N–H and O–H groups in total. The molecule has 0 radical (unpaired) electrons. The third-order valence-corrected chi connectivity index (χ3v) is 3.84. The highest BCUT2D eigenvalue weighted by atomic mass is 32.2. The summed E-state index contributed by atoms with van der Waals surface area (Å²) in [5, 5.41) is 5.79. The minimum atomic E-state index is -0.448. The number of amides is 2. The van der Waals surface area contributed by atoms with Gasteiger partial charge in [-0.1, -0.05) is 18.2 Å². The number of carbonyl (C=O) groups is 2. The third-order valence-electron chi connectivity index (χ3n) is 3.19. The van der Waals surface area contributed by atoms with Gasteiger partial charge in [-0.3, -0.25) is 9.59 Å². The van der Waals surface area contributed by atoms with E-state index in [1.165, 1.54) is 0 Å². The quantitative estimate of drug-likeness (QED) is 0.806. The van der Waals surface area contributed by atoms with Crippen LogP contribution in [0, 0.1) is 0 Å². The average Bonchev–Trinajstić information content (AvgIpc) is 3.28. The van der Waals surface area contributed by atoms with E-state index < -0.39 is 6.04 Å². The maximum Gasteiger partial charge on any atom is 0.251 e. The van der Waals surface area contributed by atoms with Crippen molar-refractivity contribution in [3.8, 4) is 0 Å². The van der Waals surface area contributed by atoms with Crippen molar-refractivity contribution < 1.29 is 9.59 Å². The predicted octanol–water partition coefficient (Wildman–Crippen LogP) is 1.82. The van der Waals surface area contributed by atoms with Gasteiger partial charge < -0.3 is 10.6 Å².